The quantitative estimate of drug-likeness (QED) is 0.690. The lowest BCUT2D eigenvalue weighted by atomic mass is 10.2. The monoisotopic (exact) mass is 412 g/mol. The zero-order valence-electron chi connectivity index (χ0n) is 15.3. The van der Waals surface area contributed by atoms with Crippen molar-refractivity contribution in [2.75, 3.05) is 36.9 Å². The Morgan fingerprint density at radius 3 is 2.56 bits per heavy atom. The Kier molecular flexibility index (Phi) is 6.44. The van der Waals surface area contributed by atoms with E-state index in [1.807, 2.05) is 0 Å². The van der Waals surface area contributed by atoms with Crippen LogP contribution in [-0.4, -0.2) is 56.6 Å². The van der Waals surface area contributed by atoms with E-state index < -0.39 is 16.0 Å². The largest absolute Gasteiger partial charge is 0.465 e. The molecule has 27 heavy (non-hydrogen) atoms. The summed E-state index contributed by atoms with van der Waals surface area (Å²) in [4.78, 5) is 26.5. The lowest BCUT2D eigenvalue weighted by molar-refractivity contribution is -0.142. The van der Waals surface area contributed by atoms with Gasteiger partial charge in [0.15, 0.2) is 0 Å². The summed E-state index contributed by atoms with van der Waals surface area (Å²) in [6.45, 7) is 2.74. The number of fused-ring (bicyclic) bond motifs is 1. The van der Waals surface area contributed by atoms with Crippen LogP contribution in [0.2, 0.25) is 0 Å². The lowest BCUT2D eigenvalue weighted by Gasteiger charge is -2.29. The fourth-order valence-electron chi connectivity index (χ4n) is 3.28. The number of esters is 1. The van der Waals surface area contributed by atoms with Crippen LogP contribution < -0.4 is 4.90 Å². The summed E-state index contributed by atoms with van der Waals surface area (Å²) in [7, 11) is -3.63. The number of sulfonamides is 1. The number of amides is 1. The number of hydrogen-bond donors (Lipinski definition) is 0. The number of anilines is 1. The van der Waals surface area contributed by atoms with E-state index in [4.69, 9.17) is 4.74 Å². The van der Waals surface area contributed by atoms with Gasteiger partial charge in [-0.05, 0) is 38.0 Å². The molecule has 0 unspecified atom stereocenters. The minimum Gasteiger partial charge on any atom is -0.465 e. The van der Waals surface area contributed by atoms with Crippen molar-refractivity contribution in [2.45, 2.75) is 42.4 Å². The van der Waals surface area contributed by atoms with Gasteiger partial charge >= 0.3 is 5.97 Å². The predicted molar refractivity (Wildman–Crippen MR) is 103 cm³/mol. The van der Waals surface area contributed by atoms with Crippen LogP contribution in [0.25, 0.3) is 0 Å². The third kappa shape index (κ3) is 4.47. The van der Waals surface area contributed by atoms with Crippen LogP contribution in [0, 0.1) is 0 Å². The maximum Gasteiger partial charge on any atom is 0.326 e. The molecule has 1 aromatic rings. The van der Waals surface area contributed by atoms with E-state index >= 15 is 0 Å². The first-order valence-electron chi connectivity index (χ1n) is 9.16. The average molecular weight is 413 g/mol. The van der Waals surface area contributed by atoms with Gasteiger partial charge in [0.05, 0.1) is 22.9 Å². The predicted octanol–water partition coefficient (Wildman–Crippen LogP) is 2.25. The van der Waals surface area contributed by atoms with Crippen LogP contribution in [0.3, 0.4) is 0 Å². The van der Waals surface area contributed by atoms with E-state index in [0.29, 0.717) is 18.8 Å². The molecule has 0 radical (unpaired) electrons. The minimum absolute atomic E-state index is 0.160. The third-order valence-corrected chi connectivity index (χ3v) is 7.61. The zero-order valence-corrected chi connectivity index (χ0v) is 17.0. The Balaban J connectivity index is 1.92. The van der Waals surface area contributed by atoms with Crippen LogP contribution in [0.1, 0.15) is 32.6 Å². The molecule has 1 saturated heterocycles. The Bertz CT molecular complexity index is 817. The number of rotatable bonds is 5. The SMILES string of the molecule is CCOC(=O)CN1C(=O)CSc2ccc(S(=O)(=O)N3CCCCCC3)cc21. The number of benzene rings is 1. The topological polar surface area (TPSA) is 84.0 Å². The summed E-state index contributed by atoms with van der Waals surface area (Å²) in [6, 6.07) is 4.82. The van der Waals surface area contributed by atoms with E-state index in [1.54, 1.807) is 19.1 Å². The van der Waals surface area contributed by atoms with Crippen molar-refractivity contribution in [3.8, 4) is 0 Å². The van der Waals surface area contributed by atoms with Gasteiger partial charge < -0.3 is 4.74 Å². The van der Waals surface area contributed by atoms with Crippen LogP contribution in [0.5, 0.6) is 0 Å². The maximum absolute atomic E-state index is 13.1. The Labute approximate surface area is 164 Å². The number of hydrogen-bond acceptors (Lipinski definition) is 6. The molecule has 0 N–H and O–H groups in total. The van der Waals surface area contributed by atoms with Crippen LogP contribution in [0.4, 0.5) is 5.69 Å². The second-order valence-electron chi connectivity index (χ2n) is 6.52. The molecule has 1 fully saturated rings. The van der Waals surface area contributed by atoms with Crippen LogP contribution in [-0.2, 0) is 24.3 Å². The summed E-state index contributed by atoms with van der Waals surface area (Å²) in [6.07, 6.45) is 3.78. The molecule has 0 spiro atoms. The van der Waals surface area contributed by atoms with Gasteiger partial charge in [0.2, 0.25) is 15.9 Å². The standard InChI is InChI=1S/C18H24N2O5S2/c1-2-25-18(22)12-20-15-11-14(7-8-16(15)26-13-17(20)21)27(23,24)19-9-5-3-4-6-10-19/h7-8,11H,2-6,9-10,12-13H2,1H3. The molecule has 2 aliphatic rings. The molecule has 2 heterocycles. The van der Waals surface area contributed by atoms with E-state index in [9.17, 15) is 18.0 Å². The molecule has 2 aliphatic heterocycles. The van der Waals surface area contributed by atoms with E-state index in [-0.39, 0.29) is 29.7 Å². The molecule has 0 aromatic heterocycles. The zero-order chi connectivity index (χ0) is 19.4. The van der Waals surface area contributed by atoms with E-state index in [2.05, 4.69) is 0 Å². The summed E-state index contributed by atoms with van der Waals surface area (Å²) in [5, 5.41) is 0. The summed E-state index contributed by atoms with van der Waals surface area (Å²) in [5.74, 6) is -0.528. The molecule has 0 aliphatic carbocycles. The molecule has 3 rings (SSSR count). The van der Waals surface area contributed by atoms with Crippen molar-refractivity contribution in [1.82, 2.24) is 4.31 Å². The number of nitrogens with zero attached hydrogens (tertiary/aromatic N) is 2. The fourth-order valence-corrected chi connectivity index (χ4v) is 5.74. The van der Waals surface area contributed by atoms with Crippen molar-refractivity contribution in [1.29, 1.82) is 0 Å². The van der Waals surface area contributed by atoms with E-state index in [1.165, 1.54) is 27.0 Å². The van der Waals surface area contributed by atoms with Crippen LogP contribution in [0.15, 0.2) is 28.0 Å². The third-order valence-electron chi connectivity index (χ3n) is 4.67. The fraction of sp³-hybridized carbons (Fsp3) is 0.556. The molecule has 0 atom stereocenters. The summed E-state index contributed by atoms with van der Waals surface area (Å²) in [5.41, 5.74) is 0.459. The second kappa shape index (κ2) is 8.62. The van der Waals surface area contributed by atoms with Gasteiger partial charge in [0.1, 0.15) is 6.54 Å². The number of carbonyl (C=O) groups is 2. The number of thioether (sulfide) groups is 1. The molecular formula is C18H24N2O5S2. The molecule has 1 amide bonds. The van der Waals surface area contributed by atoms with Gasteiger partial charge in [0, 0.05) is 18.0 Å². The molecule has 0 saturated carbocycles. The smallest absolute Gasteiger partial charge is 0.326 e. The van der Waals surface area contributed by atoms with E-state index in [0.717, 1.165) is 30.6 Å². The highest BCUT2D eigenvalue weighted by atomic mass is 32.2. The van der Waals surface area contributed by atoms with Gasteiger partial charge in [-0.15, -0.1) is 11.8 Å². The van der Waals surface area contributed by atoms with Gasteiger partial charge in [-0.1, -0.05) is 12.8 Å². The van der Waals surface area contributed by atoms with Crippen molar-refractivity contribution in [3.05, 3.63) is 18.2 Å². The number of ether oxygens (including phenoxy) is 1. The van der Waals surface area contributed by atoms with Gasteiger partial charge in [-0.2, -0.15) is 4.31 Å². The highest BCUT2D eigenvalue weighted by molar-refractivity contribution is 8.00. The molecule has 7 nitrogen and oxygen atoms in total. The maximum atomic E-state index is 13.1. The van der Waals surface area contributed by atoms with Gasteiger partial charge in [-0.25, -0.2) is 8.42 Å². The van der Waals surface area contributed by atoms with Crippen molar-refractivity contribution in [2.24, 2.45) is 0 Å². The van der Waals surface area contributed by atoms with Crippen molar-refractivity contribution < 1.29 is 22.7 Å². The summed E-state index contributed by atoms with van der Waals surface area (Å²) < 4.78 is 32.6. The molecule has 1 aromatic carbocycles. The second-order valence-corrected chi connectivity index (χ2v) is 9.48. The average Bonchev–Trinajstić information content (AvgIpc) is 2.94. The minimum atomic E-state index is -3.63. The Hall–Kier alpha value is -1.58. The Morgan fingerprint density at radius 1 is 1.19 bits per heavy atom. The summed E-state index contributed by atoms with van der Waals surface area (Å²) >= 11 is 1.35. The normalized spacial score (nSPS) is 18.7. The van der Waals surface area contributed by atoms with Crippen molar-refractivity contribution >= 4 is 39.3 Å². The lowest BCUT2D eigenvalue weighted by Crippen LogP contribution is -2.40. The highest BCUT2D eigenvalue weighted by Crippen LogP contribution is 2.37. The van der Waals surface area contributed by atoms with Gasteiger partial charge in [-0.3, -0.25) is 14.5 Å². The first-order valence-corrected chi connectivity index (χ1v) is 11.6. The molecular weight excluding hydrogens is 388 g/mol. The van der Waals surface area contributed by atoms with Gasteiger partial charge in [0.25, 0.3) is 0 Å². The van der Waals surface area contributed by atoms with Crippen LogP contribution >= 0.6 is 11.8 Å². The number of carbonyl (C=O) groups excluding carboxylic acids is 2. The molecule has 9 heteroatoms. The first-order chi connectivity index (χ1) is 12.9. The molecule has 148 valence electrons. The Morgan fingerprint density at radius 2 is 1.89 bits per heavy atom. The molecule has 0 bridgehead atoms. The van der Waals surface area contributed by atoms with Crippen molar-refractivity contribution in [3.63, 3.8) is 0 Å². The highest BCUT2D eigenvalue weighted by Gasteiger charge is 2.31. The first kappa shape index (κ1) is 20.2.